The highest BCUT2D eigenvalue weighted by Gasteiger charge is 2.40. The number of benzene rings is 3. The molecule has 1 heterocycles. The minimum absolute atomic E-state index is 0.0468. The van der Waals surface area contributed by atoms with Gasteiger partial charge in [-0.2, -0.15) is 0 Å². The van der Waals surface area contributed by atoms with E-state index in [0.717, 1.165) is 16.3 Å². The molecule has 2 amide bonds. The highest BCUT2D eigenvalue weighted by Crippen LogP contribution is 2.31. The molecular formula is C23H18FN3O2S. The van der Waals surface area contributed by atoms with E-state index in [2.05, 4.69) is 10.3 Å². The number of imide groups is 1. The van der Waals surface area contributed by atoms with E-state index in [0.29, 0.717) is 10.9 Å². The maximum Gasteiger partial charge on any atom is 0.247 e. The Bertz CT molecular complexity index is 1070. The largest absolute Gasteiger partial charge is 0.335 e. The van der Waals surface area contributed by atoms with Gasteiger partial charge in [-0.1, -0.05) is 48.2 Å². The number of nitrogens with one attached hydrogen (secondary N) is 1. The van der Waals surface area contributed by atoms with Crippen LogP contribution in [0.25, 0.3) is 0 Å². The molecule has 0 radical (unpaired) electrons. The van der Waals surface area contributed by atoms with Gasteiger partial charge >= 0.3 is 0 Å². The van der Waals surface area contributed by atoms with E-state index in [-0.39, 0.29) is 18.2 Å². The molecular weight excluding hydrogens is 401 g/mol. The molecule has 1 atom stereocenters. The smallest absolute Gasteiger partial charge is 0.247 e. The van der Waals surface area contributed by atoms with Crippen molar-refractivity contribution < 1.29 is 14.0 Å². The van der Waals surface area contributed by atoms with Gasteiger partial charge in [-0.05, 0) is 48.5 Å². The van der Waals surface area contributed by atoms with Crippen LogP contribution in [0.5, 0.6) is 0 Å². The van der Waals surface area contributed by atoms with Crippen LogP contribution in [0.15, 0.2) is 89.9 Å². The van der Waals surface area contributed by atoms with E-state index in [9.17, 15) is 14.0 Å². The van der Waals surface area contributed by atoms with E-state index < -0.39 is 11.1 Å². The molecule has 7 heteroatoms. The second-order valence-electron chi connectivity index (χ2n) is 6.60. The van der Waals surface area contributed by atoms with Crippen molar-refractivity contribution >= 4 is 45.8 Å². The van der Waals surface area contributed by atoms with Crippen LogP contribution in [0, 0.1) is 5.82 Å². The highest BCUT2D eigenvalue weighted by atomic mass is 32.2. The summed E-state index contributed by atoms with van der Waals surface area (Å²) in [5, 5.41) is 3.12. The van der Waals surface area contributed by atoms with Gasteiger partial charge in [-0.3, -0.25) is 9.59 Å². The van der Waals surface area contributed by atoms with Crippen LogP contribution in [0.2, 0.25) is 0 Å². The molecule has 0 spiro atoms. The summed E-state index contributed by atoms with van der Waals surface area (Å²) in [6, 6.07) is 24.2. The number of anilines is 2. The van der Waals surface area contributed by atoms with Gasteiger partial charge in [0.05, 0.1) is 11.4 Å². The second-order valence-corrected chi connectivity index (χ2v) is 7.79. The van der Waals surface area contributed by atoms with Crippen molar-refractivity contribution in [2.24, 2.45) is 4.99 Å². The number of amidine groups is 1. The molecule has 5 nitrogen and oxygen atoms in total. The van der Waals surface area contributed by atoms with Gasteiger partial charge < -0.3 is 5.32 Å². The maximum absolute atomic E-state index is 13.2. The third-order valence-corrected chi connectivity index (χ3v) is 5.53. The third-order valence-electron chi connectivity index (χ3n) is 4.46. The third kappa shape index (κ3) is 4.58. The standard InChI is InChI=1S/C23H18FN3O2S/c24-16-11-13-19(14-12-16)27-21(28)15-20(22(27)29)30-23(25-17-7-3-1-4-8-17)26-18-9-5-2-6-10-18/h1-14,20H,15H2,(H,25,26)/t20-/m1/s1. The van der Waals surface area contributed by atoms with Crippen LogP contribution >= 0.6 is 11.8 Å². The number of carbonyl (C=O) groups excluding carboxylic acids is 2. The van der Waals surface area contributed by atoms with Crippen molar-refractivity contribution in [3.05, 3.63) is 90.7 Å². The first-order chi connectivity index (χ1) is 14.6. The molecule has 1 fully saturated rings. The Balaban J connectivity index is 1.58. The quantitative estimate of drug-likeness (QED) is 0.368. The van der Waals surface area contributed by atoms with Crippen LogP contribution in [-0.4, -0.2) is 22.2 Å². The maximum atomic E-state index is 13.2. The van der Waals surface area contributed by atoms with Crippen LogP contribution in [-0.2, 0) is 9.59 Å². The molecule has 30 heavy (non-hydrogen) atoms. The van der Waals surface area contributed by atoms with Crippen molar-refractivity contribution in [3.63, 3.8) is 0 Å². The molecule has 3 aromatic carbocycles. The molecule has 0 unspecified atom stereocenters. The van der Waals surface area contributed by atoms with E-state index in [1.807, 2.05) is 60.7 Å². The van der Waals surface area contributed by atoms with Crippen LogP contribution in [0.4, 0.5) is 21.5 Å². The van der Waals surface area contributed by atoms with E-state index in [4.69, 9.17) is 0 Å². The number of hydrogen-bond donors (Lipinski definition) is 1. The molecule has 1 aliphatic heterocycles. The van der Waals surface area contributed by atoms with Gasteiger partial charge in [0.25, 0.3) is 0 Å². The number of rotatable bonds is 4. The molecule has 0 aromatic heterocycles. The first-order valence-corrected chi connectivity index (χ1v) is 10.2. The van der Waals surface area contributed by atoms with Gasteiger partial charge in [0.1, 0.15) is 11.1 Å². The zero-order valence-electron chi connectivity index (χ0n) is 15.9. The summed E-state index contributed by atoms with van der Waals surface area (Å²) in [6.07, 6.45) is 0.0468. The van der Waals surface area contributed by atoms with Crippen molar-refractivity contribution in [3.8, 4) is 0 Å². The number of aliphatic imine (C=N–C) groups is 1. The number of nitrogens with zero attached hydrogens (tertiary/aromatic N) is 2. The number of halogens is 1. The summed E-state index contributed by atoms with van der Waals surface area (Å²) in [4.78, 5) is 31.2. The minimum atomic E-state index is -0.624. The SMILES string of the molecule is O=C1C[C@@H](SC(=Nc2ccccc2)Nc2ccccc2)C(=O)N1c1ccc(F)cc1. The number of amides is 2. The normalized spacial score (nSPS) is 16.8. The summed E-state index contributed by atoms with van der Waals surface area (Å²) in [7, 11) is 0. The van der Waals surface area contributed by atoms with Crippen molar-refractivity contribution in [1.82, 2.24) is 0 Å². The van der Waals surface area contributed by atoms with Crippen molar-refractivity contribution in [1.29, 1.82) is 0 Å². The average Bonchev–Trinajstić information content (AvgIpc) is 3.03. The van der Waals surface area contributed by atoms with E-state index in [1.165, 1.54) is 36.0 Å². The Kier molecular flexibility index (Phi) is 5.90. The lowest BCUT2D eigenvalue weighted by Crippen LogP contribution is -2.31. The number of carbonyl (C=O) groups is 2. The molecule has 0 bridgehead atoms. The molecule has 3 aromatic rings. The number of thioether (sulfide) groups is 1. The summed E-state index contributed by atoms with van der Waals surface area (Å²) < 4.78 is 13.2. The lowest BCUT2D eigenvalue weighted by molar-refractivity contribution is -0.121. The fourth-order valence-electron chi connectivity index (χ4n) is 3.04. The zero-order chi connectivity index (χ0) is 20.9. The number of hydrogen-bond acceptors (Lipinski definition) is 4. The minimum Gasteiger partial charge on any atom is -0.335 e. The van der Waals surface area contributed by atoms with E-state index >= 15 is 0 Å². The second kappa shape index (κ2) is 8.92. The van der Waals surface area contributed by atoms with Gasteiger partial charge in [0.2, 0.25) is 11.8 Å². The van der Waals surface area contributed by atoms with Crippen molar-refractivity contribution in [2.45, 2.75) is 11.7 Å². The van der Waals surface area contributed by atoms with Gasteiger partial charge in [0, 0.05) is 12.1 Å². The Morgan fingerprint density at radius 1 is 0.933 bits per heavy atom. The fourth-order valence-corrected chi connectivity index (χ4v) is 4.08. The predicted molar refractivity (Wildman–Crippen MR) is 118 cm³/mol. The Labute approximate surface area is 177 Å². The summed E-state index contributed by atoms with van der Waals surface area (Å²) in [5.74, 6) is -1.08. The van der Waals surface area contributed by atoms with Gasteiger partial charge in [0.15, 0.2) is 5.17 Å². The lowest BCUT2D eigenvalue weighted by Gasteiger charge is -2.16. The first kappa shape index (κ1) is 19.8. The van der Waals surface area contributed by atoms with Gasteiger partial charge in [-0.25, -0.2) is 14.3 Å². The summed E-state index contributed by atoms with van der Waals surface area (Å²) in [6.45, 7) is 0. The molecule has 0 aliphatic carbocycles. The summed E-state index contributed by atoms with van der Waals surface area (Å²) >= 11 is 1.21. The molecule has 150 valence electrons. The molecule has 1 N–H and O–H groups in total. The monoisotopic (exact) mass is 419 g/mol. The Hall–Kier alpha value is -3.45. The molecule has 1 aliphatic rings. The molecule has 1 saturated heterocycles. The van der Waals surface area contributed by atoms with Crippen LogP contribution < -0.4 is 10.2 Å². The Morgan fingerprint density at radius 3 is 2.23 bits per heavy atom. The van der Waals surface area contributed by atoms with Crippen LogP contribution in [0.1, 0.15) is 6.42 Å². The van der Waals surface area contributed by atoms with E-state index in [1.54, 1.807) is 0 Å². The fraction of sp³-hybridized carbons (Fsp3) is 0.0870. The molecule has 4 rings (SSSR count). The topological polar surface area (TPSA) is 61.8 Å². The zero-order valence-corrected chi connectivity index (χ0v) is 16.7. The summed E-state index contributed by atoms with van der Waals surface area (Å²) in [5.41, 5.74) is 1.93. The first-order valence-electron chi connectivity index (χ1n) is 9.35. The molecule has 0 saturated carbocycles. The highest BCUT2D eigenvalue weighted by molar-refractivity contribution is 8.15. The average molecular weight is 419 g/mol. The predicted octanol–water partition coefficient (Wildman–Crippen LogP) is 4.99. The number of para-hydroxylation sites is 2. The van der Waals surface area contributed by atoms with Gasteiger partial charge in [-0.15, -0.1) is 0 Å². The van der Waals surface area contributed by atoms with Crippen molar-refractivity contribution in [2.75, 3.05) is 10.2 Å². The van der Waals surface area contributed by atoms with Crippen LogP contribution in [0.3, 0.4) is 0 Å². The Morgan fingerprint density at radius 2 is 1.57 bits per heavy atom. The lowest BCUT2D eigenvalue weighted by atomic mass is 10.3.